The summed E-state index contributed by atoms with van der Waals surface area (Å²) in [5.41, 5.74) is 1.30. The molecule has 0 atom stereocenters. The molecule has 7 nitrogen and oxygen atoms in total. The van der Waals surface area contributed by atoms with E-state index in [0.29, 0.717) is 28.4 Å². The Morgan fingerprint density at radius 1 is 1.11 bits per heavy atom. The second-order valence-electron chi connectivity index (χ2n) is 6.04. The Balaban J connectivity index is 1.69. The number of hydrogen-bond acceptors (Lipinski definition) is 5. The second kappa shape index (κ2) is 7.69. The van der Waals surface area contributed by atoms with Crippen LogP contribution >= 0.6 is 11.8 Å². The van der Waals surface area contributed by atoms with Crippen LogP contribution in [0.15, 0.2) is 77.2 Å². The first-order chi connectivity index (χ1) is 13.7. The molecule has 0 aliphatic rings. The van der Waals surface area contributed by atoms with E-state index >= 15 is 0 Å². The normalized spacial score (nSPS) is 11.0. The van der Waals surface area contributed by atoms with Crippen molar-refractivity contribution in [1.82, 2.24) is 19.2 Å². The molecule has 0 aliphatic carbocycles. The third kappa shape index (κ3) is 3.29. The number of nitrogens with zero attached hydrogens (tertiary/aromatic N) is 4. The molecule has 2 aromatic heterocycles. The van der Waals surface area contributed by atoms with Gasteiger partial charge in [0.1, 0.15) is 0 Å². The van der Waals surface area contributed by atoms with E-state index in [4.69, 9.17) is 0 Å². The molecule has 8 heteroatoms. The summed E-state index contributed by atoms with van der Waals surface area (Å²) in [7, 11) is 0. The molecule has 28 heavy (non-hydrogen) atoms. The highest BCUT2D eigenvalue weighted by molar-refractivity contribution is 7.99. The highest BCUT2D eigenvalue weighted by atomic mass is 32.2. The largest absolute Gasteiger partial charge is 0.325 e. The summed E-state index contributed by atoms with van der Waals surface area (Å²) in [5, 5.41) is 12.4. The molecular formula is C20H17N5O2S. The zero-order valence-electron chi connectivity index (χ0n) is 14.9. The van der Waals surface area contributed by atoms with Crippen LogP contribution in [0.4, 0.5) is 5.69 Å². The predicted octanol–water partition coefficient (Wildman–Crippen LogP) is 2.96. The van der Waals surface area contributed by atoms with Crippen molar-refractivity contribution < 1.29 is 4.79 Å². The van der Waals surface area contributed by atoms with Crippen LogP contribution in [-0.2, 0) is 11.3 Å². The van der Waals surface area contributed by atoms with Crippen molar-refractivity contribution in [3.8, 4) is 0 Å². The molecule has 0 bridgehead atoms. The first-order valence-corrected chi connectivity index (χ1v) is 9.63. The molecule has 0 unspecified atom stereocenters. The Morgan fingerprint density at radius 2 is 1.86 bits per heavy atom. The lowest BCUT2D eigenvalue weighted by molar-refractivity contribution is -0.113. The van der Waals surface area contributed by atoms with E-state index < -0.39 is 0 Å². The molecule has 4 rings (SSSR count). The monoisotopic (exact) mass is 391 g/mol. The van der Waals surface area contributed by atoms with Gasteiger partial charge in [0, 0.05) is 12.2 Å². The Labute approximate surface area is 164 Å². The quantitative estimate of drug-likeness (QED) is 0.404. The van der Waals surface area contributed by atoms with Crippen molar-refractivity contribution in [1.29, 1.82) is 0 Å². The molecule has 2 aromatic carbocycles. The number of carbonyl (C=O) groups is 1. The Bertz CT molecular complexity index is 1230. The minimum Gasteiger partial charge on any atom is -0.325 e. The van der Waals surface area contributed by atoms with Crippen molar-refractivity contribution in [2.45, 2.75) is 11.7 Å². The van der Waals surface area contributed by atoms with Crippen molar-refractivity contribution in [2.24, 2.45) is 0 Å². The van der Waals surface area contributed by atoms with Gasteiger partial charge in [-0.2, -0.15) is 0 Å². The molecule has 0 aliphatic heterocycles. The fourth-order valence-electron chi connectivity index (χ4n) is 2.97. The molecule has 0 saturated carbocycles. The summed E-state index contributed by atoms with van der Waals surface area (Å²) in [4.78, 5) is 25.0. The Morgan fingerprint density at radius 3 is 2.64 bits per heavy atom. The van der Waals surface area contributed by atoms with E-state index in [1.807, 2.05) is 48.5 Å². The van der Waals surface area contributed by atoms with Crippen LogP contribution in [0, 0.1) is 0 Å². The summed E-state index contributed by atoms with van der Waals surface area (Å²) >= 11 is 1.27. The smallest absolute Gasteiger partial charge is 0.263 e. The van der Waals surface area contributed by atoms with Crippen LogP contribution < -0.4 is 10.9 Å². The van der Waals surface area contributed by atoms with Gasteiger partial charge in [0.05, 0.1) is 16.7 Å². The third-order valence-electron chi connectivity index (χ3n) is 4.18. The number of nitrogens with one attached hydrogen (secondary N) is 1. The molecule has 4 aromatic rings. The van der Waals surface area contributed by atoms with E-state index in [1.54, 1.807) is 16.5 Å². The number of para-hydroxylation sites is 2. The number of aromatic nitrogens is 4. The molecule has 0 fully saturated rings. The van der Waals surface area contributed by atoms with Crippen LogP contribution in [-0.4, -0.2) is 30.8 Å². The SMILES string of the molecule is C=CCn1c(=O)c2ccccc2n2c(SCC(=O)Nc3ccccc3)nnc12. The van der Waals surface area contributed by atoms with Crippen LogP contribution in [0.5, 0.6) is 0 Å². The van der Waals surface area contributed by atoms with Crippen molar-refractivity contribution >= 4 is 40.0 Å². The van der Waals surface area contributed by atoms with E-state index in [9.17, 15) is 9.59 Å². The maximum absolute atomic E-state index is 12.8. The van der Waals surface area contributed by atoms with Gasteiger partial charge in [-0.15, -0.1) is 16.8 Å². The molecule has 1 N–H and O–H groups in total. The molecule has 140 valence electrons. The summed E-state index contributed by atoms with van der Waals surface area (Å²) in [6, 6.07) is 16.6. The van der Waals surface area contributed by atoms with E-state index in [1.165, 1.54) is 16.3 Å². The second-order valence-corrected chi connectivity index (χ2v) is 6.98. The summed E-state index contributed by atoms with van der Waals surface area (Å²) in [6.45, 7) is 4.04. The summed E-state index contributed by atoms with van der Waals surface area (Å²) < 4.78 is 3.33. The van der Waals surface area contributed by atoms with Gasteiger partial charge in [0.15, 0.2) is 5.16 Å². The van der Waals surface area contributed by atoms with Gasteiger partial charge in [0.2, 0.25) is 11.7 Å². The maximum atomic E-state index is 12.8. The minimum absolute atomic E-state index is 0.142. The topological polar surface area (TPSA) is 81.3 Å². The molecule has 0 saturated heterocycles. The number of allylic oxidation sites excluding steroid dienone is 1. The number of benzene rings is 2. The van der Waals surface area contributed by atoms with Gasteiger partial charge in [-0.25, -0.2) is 0 Å². The van der Waals surface area contributed by atoms with Crippen molar-refractivity contribution in [3.05, 3.63) is 77.6 Å². The van der Waals surface area contributed by atoms with Gasteiger partial charge < -0.3 is 5.32 Å². The van der Waals surface area contributed by atoms with Crippen LogP contribution in [0.2, 0.25) is 0 Å². The van der Waals surface area contributed by atoms with E-state index in [2.05, 4.69) is 22.1 Å². The number of hydrogen-bond donors (Lipinski definition) is 1. The van der Waals surface area contributed by atoms with Gasteiger partial charge in [-0.3, -0.25) is 18.6 Å². The lowest BCUT2D eigenvalue weighted by Crippen LogP contribution is -2.22. The fourth-order valence-corrected chi connectivity index (χ4v) is 3.71. The van der Waals surface area contributed by atoms with Crippen LogP contribution in [0.3, 0.4) is 0 Å². The zero-order chi connectivity index (χ0) is 19.5. The molecule has 2 heterocycles. The molecule has 0 spiro atoms. The lowest BCUT2D eigenvalue weighted by atomic mass is 10.2. The van der Waals surface area contributed by atoms with Gasteiger partial charge in [-0.1, -0.05) is 48.2 Å². The Kier molecular flexibility index (Phi) is 4.94. The highest BCUT2D eigenvalue weighted by Gasteiger charge is 2.17. The van der Waals surface area contributed by atoms with E-state index in [0.717, 1.165) is 5.69 Å². The third-order valence-corrected chi connectivity index (χ3v) is 5.11. The Hall–Kier alpha value is -3.39. The summed E-state index contributed by atoms with van der Waals surface area (Å²) in [6.07, 6.45) is 1.64. The van der Waals surface area contributed by atoms with Crippen molar-refractivity contribution in [2.75, 3.05) is 11.1 Å². The average Bonchev–Trinajstić information content (AvgIpc) is 3.14. The van der Waals surface area contributed by atoms with Gasteiger partial charge in [0.25, 0.3) is 5.56 Å². The number of anilines is 1. The number of carbonyl (C=O) groups excluding carboxylic acids is 1. The molecule has 1 amide bonds. The number of thioether (sulfide) groups is 1. The first-order valence-electron chi connectivity index (χ1n) is 8.64. The number of amides is 1. The standard InChI is InChI=1S/C20H17N5O2S/c1-2-12-24-18(27)15-10-6-7-11-16(15)25-19(24)22-23-20(25)28-13-17(26)21-14-8-4-3-5-9-14/h2-11H,1,12-13H2,(H,21,26). The highest BCUT2D eigenvalue weighted by Crippen LogP contribution is 2.21. The molecule has 0 radical (unpaired) electrons. The van der Waals surface area contributed by atoms with Gasteiger partial charge >= 0.3 is 0 Å². The lowest BCUT2D eigenvalue weighted by Gasteiger charge is -2.09. The summed E-state index contributed by atoms with van der Waals surface area (Å²) in [5.74, 6) is 0.455. The van der Waals surface area contributed by atoms with Gasteiger partial charge in [-0.05, 0) is 24.3 Å². The van der Waals surface area contributed by atoms with Crippen LogP contribution in [0.1, 0.15) is 0 Å². The first kappa shape index (κ1) is 18.0. The maximum Gasteiger partial charge on any atom is 0.263 e. The average molecular weight is 391 g/mol. The number of rotatable bonds is 6. The molecular weight excluding hydrogens is 374 g/mol. The number of fused-ring (bicyclic) bond motifs is 3. The fraction of sp³-hybridized carbons (Fsp3) is 0.100. The predicted molar refractivity (Wildman–Crippen MR) is 111 cm³/mol. The van der Waals surface area contributed by atoms with E-state index in [-0.39, 0.29) is 17.2 Å². The minimum atomic E-state index is -0.145. The zero-order valence-corrected chi connectivity index (χ0v) is 15.7. The van der Waals surface area contributed by atoms with Crippen LogP contribution in [0.25, 0.3) is 16.7 Å². The van der Waals surface area contributed by atoms with Crippen molar-refractivity contribution in [3.63, 3.8) is 0 Å².